The van der Waals surface area contributed by atoms with E-state index in [4.69, 9.17) is 0 Å². The molecule has 2 N–H and O–H groups in total. The summed E-state index contributed by atoms with van der Waals surface area (Å²) in [6.07, 6.45) is 3.27. The van der Waals surface area contributed by atoms with Crippen molar-refractivity contribution in [3.05, 3.63) is 57.5 Å². The Kier molecular flexibility index (Phi) is 6.69. The van der Waals surface area contributed by atoms with Crippen LogP contribution in [0.1, 0.15) is 54.0 Å². The van der Waals surface area contributed by atoms with Crippen LogP contribution >= 0.6 is 0 Å². The van der Waals surface area contributed by atoms with Crippen LogP contribution in [0.25, 0.3) is 0 Å². The minimum absolute atomic E-state index is 0.0254. The maximum atomic E-state index is 13.6. The summed E-state index contributed by atoms with van der Waals surface area (Å²) in [6.45, 7) is 2.09. The molecule has 0 atom stereocenters. The summed E-state index contributed by atoms with van der Waals surface area (Å²) >= 11 is 0. The van der Waals surface area contributed by atoms with Crippen molar-refractivity contribution >= 4 is 17.7 Å². The highest BCUT2D eigenvalue weighted by atomic mass is 19.1. The number of halogens is 1. The van der Waals surface area contributed by atoms with E-state index in [1.807, 2.05) is 0 Å². The predicted octanol–water partition coefficient (Wildman–Crippen LogP) is 0.792. The number of hydrogen-bond acceptors (Lipinski definition) is 7. The number of likely N-dealkylation sites (tertiary alicyclic amines) is 1. The lowest BCUT2D eigenvalue weighted by Gasteiger charge is -2.53. The number of carbonyl (C=O) groups excluding carboxylic acids is 3. The number of nitrogens with one attached hydrogen (secondary N) is 1. The predicted molar refractivity (Wildman–Crippen MR) is 138 cm³/mol. The molecule has 3 amide bonds. The van der Waals surface area contributed by atoms with Crippen molar-refractivity contribution < 1.29 is 23.9 Å². The topological polar surface area (TPSA) is 128 Å². The second kappa shape index (κ2) is 9.74. The molecule has 12 heteroatoms. The normalized spacial score (nSPS) is 23.8. The SMILES string of the molecule is CN(C)C(=O)C(=O)N(C)C12CCC(N3CCC3)(CC1)Cn1c2nc(C(=O)NCc2ccc(F)cc2)c(O)c1=O. The number of hydrogen-bond donors (Lipinski definition) is 2. The lowest BCUT2D eigenvalue weighted by molar-refractivity contribution is -0.155. The van der Waals surface area contributed by atoms with E-state index in [9.17, 15) is 28.7 Å². The molecule has 0 radical (unpaired) electrons. The van der Waals surface area contributed by atoms with E-state index in [2.05, 4.69) is 15.2 Å². The number of rotatable bonds is 5. The molecule has 2 aromatic rings. The highest BCUT2D eigenvalue weighted by Gasteiger charge is 2.56. The third kappa shape index (κ3) is 4.36. The van der Waals surface area contributed by atoms with Crippen molar-refractivity contribution in [2.75, 3.05) is 34.2 Å². The minimum Gasteiger partial charge on any atom is -0.501 e. The van der Waals surface area contributed by atoms with Gasteiger partial charge in [-0.3, -0.25) is 28.6 Å². The van der Waals surface area contributed by atoms with Crippen LogP contribution in [0.5, 0.6) is 5.75 Å². The number of carbonyl (C=O) groups is 3. The Morgan fingerprint density at radius 2 is 1.69 bits per heavy atom. The Hall–Kier alpha value is -3.80. The Balaban J connectivity index is 1.58. The molecular formula is C27H33FN6O5. The molecule has 0 spiro atoms. The average molecular weight is 541 g/mol. The van der Waals surface area contributed by atoms with Gasteiger partial charge in [-0.05, 0) is 62.9 Å². The maximum Gasteiger partial charge on any atom is 0.312 e. The summed E-state index contributed by atoms with van der Waals surface area (Å²) in [4.78, 5) is 62.2. The Morgan fingerprint density at radius 3 is 2.26 bits per heavy atom. The molecule has 1 aromatic heterocycles. The van der Waals surface area contributed by atoms with Gasteiger partial charge in [0, 0.05) is 39.8 Å². The molecule has 1 saturated carbocycles. The molecule has 0 unspecified atom stereocenters. The first-order valence-corrected chi connectivity index (χ1v) is 13.1. The third-order valence-corrected chi connectivity index (χ3v) is 8.67. The Bertz CT molecular complexity index is 1380. The van der Waals surface area contributed by atoms with Crippen LogP contribution in [0.4, 0.5) is 4.39 Å². The number of aromatic nitrogens is 2. The molecule has 6 rings (SSSR count). The average Bonchev–Trinajstić information content (AvgIpc) is 3.12. The van der Waals surface area contributed by atoms with Crippen molar-refractivity contribution in [2.24, 2.45) is 0 Å². The van der Waals surface area contributed by atoms with Gasteiger partial charge in [-0.1, -0.05) is 12.1 Å². The zero-order valence-electron chi connectivity index (χ0n) is 22.4. The smallest absolute Gasteiger partial charge is 0.312 e. The number of likely N-dealkylation sites (N-methyl/N-ethyl adjacent to an activating group) is 2. The summed E-state index contributed by atoms with van der Waals surface area (Å²) in [5, 5.41) is 13.5. The Morgan fingerprint density at radius 1 is 1.05 bits per heavy atom. The zero-order chi connectivity index (χ0) is 28.1. The largest absolute Gasteiger partial charge is 0.501 e. The monoisotopic (exact) mass is 540 g/mol. The lowest BCUT2D eigenvalue weighted by Crippen LogP contribution is -2.60. The molecule has 39 heavy (non-hydrogen) atoms. The van der Waals surface area contributed by atoms with Crippen LogP contribution in [0.2, 0.25) is 0 Å². The van der Waals surface area contributed by atoms with Gasteiger partial charge in [-0.25, -0.2) is 9.37 Å². The molecule has 1 saturated heterocycles. The highest BCUT2D eigenvalue weighted by Crippen LogP contribution is 2.51. The second-order valence-electron chi connectivity index (χ2n) is 11.0. The molecule has 3 aliphatic heterocycles. The van der Waals surface area contributed by atoms with E-state index in [1.54, 1.807) is 0 Å². The fraction of sp³-hybridized carbons (Fsp3) is 0.519. The summed E-state index contributed by atoms with van der Waals surface area (Å²) in [6, 6.07) is 5.56. The first-order valence-electron chi connectivity index (χ1n) is 13.1. The van der Waals surface area contributed by atoms with Gasteiger partial charge in [0.2, 0.25) is 5.75 Å². The maximum absolute atomic E-state index is 13.6. The molecule has 1 aliphatic carbocycles. The van der Waals surface area contributed by atoms with Gasteiger partial charge in [-0.15, -0.1) is 0 Å². The van der Waals surface area contributed by atoms with E-state index in [0.29, 0.717) is 31.2 Å². The fourth-order valence-electron chi connectivity index (χ4n) is 6.10. The lowest BCUT2D eigenvalue weighted by atomic mass is 9.71. The molecular weight excluding hydrogens is 507 g/mol. The van der Waals surface area contributed by atoms with E-state index in [0.717, 1.165) is 19.5 Å². The van der Waals surface area contributed by atoms with Crippen LogP contribution in [0, 0.1) is 5.82 Å². The van der Waals surface area contributed by atoms with Gasteiger partial charge in [0.1, 0.15) is 17.2 Å². The van der Waals surface area contributed by atoms with E-state index >= 15 is 0 Å². The number of amides is 3. The summed E-state index contributed by atoms with van der Waals surface area (Å²) in [5.74, 6) is -3.22. The molecule has 2 bridgehead atoms. The van der Waals surface area contributed by atoms with E-state index in [-0.39, 0.29) is 24.5 Å². The first kappa shape index (κ1) is 26.8. The summed E-state index contributed by atoms with van der Waals surface area (Å²) in [5.41, 5.74) is -2.05. The van der Waals surface area contributed by atoms with Crippen molar-refractivity contribution in [3.63, 3.8) is 0 Å². The van der Waals surface area contributed by atoms with Crippen LogP contribution in [0.15, 0.2) is 29.1 Å². The summed E-state index contributed by atoms with van der Waals surface area (Å²) in [7, 11) is 4.52. The summed E-state index contributed by atoms with van der Waals surface area (Å²) < 4.78 is 14.6. The zero-order valence-corrected chi connectivity index (χ0v) is 22.4. The molecule has 2 fully saturated rings. The van der Waals surface area contributed by atoms with Crippen LogP contribution in [0.3, 0.4) is 0 Å². The molecule has 11 nitrogen and oxygen atoms in total. The van der Waals surface area contributed by atoms with Crippen LogP contribution in [-0.2, 0) is 28.2 Å². The standard InChI is InChI=1S/C27H33FN6O5/c1-31(2)23(38)24(39)32(3)27-11-9-26(10-12-27,33-13-4-14-33)16-34-22(37)20(35)19(30-25(27)34)21(36)29-15-17-5-7-18(28)8-6-17/h5-8,35H,4,9-16H2,1-3H3,(H,29,36). The van der Waals surface area contributed by atoms with Gasteiger partial charge in [0.15, 0.2) is 5.69 Å². The number of benzene rings is 1. The van der Waals surface area contributed by atoms with Crippen LogP contribution < -0.4 is 10.9 Å². The molecule has 1 aromatic carbocycles. The van der Waals surface area contributed by atoms with E-state index in [1.165, 1.54) is 59.8 Å². The van der Waals surface area contributed by atoms with Gasteiger partial charge in [0.05, 0.1) is 0 Å². The van der Waals surface area contributed by atoms with Gasteiger partial charge < -0.3 is 20.2 Å². The number of fused-ring (bicyclic) bond motifs is 2. The van der Waals surface area contributed by atoms with Crippen LogP contribution in [-0.4, -0.2) is 86.9 Å². The van der Waals surface area contributed by atoms with Crippen molar-refractivity contribution in [3.8, 4) is 5.75 Å². The number of aromatic hydroxyl groups is 1. The first-order chi connectivity index (χ1) is 18.5. The molecule has 4 heterocycles. The molecule has 4 aliphatic rings. The fourth-order valence-corrected chi connectivity index (χ4v) is 6.10. The molecule has 208 valence electrons. The van der Waals surface area contributed by atoms with Crippen molar-refractivity contribution in [2.45, 2.75) is 56.3 Å². The third-order valence-electron chi connectivity index (χ3n) is 8.67. The van der Waals surface area contributed by atoms with Crippen molar-refractivity contribution in [1.29, 1.82) is 0 Å². The highest BCUT2D eigenvalue weighted by molar-refractivity contribution is 6.34. The second-order valence-corrected chi connectivity index (χ2v) is 11.0. The van der Waals surface area contributed by atoms with Gasteiger partial charge in [0.25, 0.3) is 11.5 Å². The minimum atomic E-state index is -1.12. The quantitative estimate of drug-likeness (QED) is 0.537. The van der Waals surface area contributed by atoms with Crippen molar-refractivity contribution in [1.82, 2.24) is 29.6 Å². The van der Waals surface area contributed by atoms with E-state index < -0.39 is 46.1 Å². The number of nitrogens with zero attached hydrogens (tertiary/aromatic N) is 5. The Labute approximate surface area is 225 Å². The van der Waals surface area contributed by atoms with Gasteiger partial charge >= 0.3 is 11.8 Å². The van der Waals surface area contributed by atoms with Gasteiger partial charge in [-0.2, -0.15) is 0 Å².